The van der Waals surface area contributed by atoms with Crippen molar-refractivity contribution < 1.29 is 0 Å². The van der Waals surface area contributed by atoms with Gasteiger partial charge in [-0.1, -0.05) is 32.1 Å². The summed E-state index contributed by atoms with van der Waals surface area (Å²) < 4.78 is 0. The van der Waals surface area contributed by atoms with Gasteiger partial charge in [0.15, 0.2) is 0 Å². The van der Waals surface area contributed by atoms with E-state index in [4.69, 9.17) is 6.42 Å². The molecule has 0 heterocycles. The third-order valence-electron chi connectivity index (χ3n) is 3.35. The number of hydrogen-bond acceptors (Lipinski definition) is 1. The highest BCUT2D eigenvalue weighted by Crippen LogP contribution is 2.27. The summed E-state index contributed by atoms with van der Waals surface area (Å²) in [5, 5.41) is 3.57. The maximum atomic E-state index is 5.49. The molecule has 1 aliphatic rings. The van der Waals surface area contributed by atoms with Crippen molar-refractivity contribution in [2.75, 3.05) is 0 Å². The minimum absolute atomic E-state index is 0.288. The van der Waals surface area contributed by atoms with Gasteiger partial charge in [-0.15, -0.1) is 6.42 Å². The van der Waals surface area contributed by atoms with E-state index in [0.717, 1.165) is 12.3 Å². The van der Waals surface area contributed by atoms with Crippen molar-refractivity contribution in [2.24, 2.45) is 5.92 Å². The first-order valence-electron chi connectivity index (χ1n) is 6.00. The molecule has 0 amide bonds. The zero-order chi connectivity index (χ0) is 10.4. The second-order valence-corrected chi connectivity index (χ2v) is 4.51. The van der Waals surface area contributed by atoms with Crippen LogP contribution >= 0.6 is 0 Å². The average Bonchev–Trinajstić information content (AvgIpc) is 2.69. The van der Waals surface area contributed by atoms with Gasteiger partial charge in [0.25, 0.3) is 0 Å². The fraction of sp³-hybridized carbons (Fsp3) is 0.846. The van der Waals surface area contributed by atoms with Gasteiger partial charge in [-0.05, 0) is 32.1 Å². The molecule has 0 spiro atoms. The summed E-state index contributed by atoms with van der Waals surface area (Å²) in [7, 11) is 0. The van der Waals surface area contributed by atoms with Crippen LogP contribution in [0.3, 0.4) is 0 Å². The van der Waals surface area contributed by atoms with Crippen LogP contribution in [0.25, 0.3) is 0 Å². The van der Waals surface area contributed by atoms with Crippen LogP contribution in [0, 0.1) is 18.3 Å². The van der Waals surface area contributed by atoms with Gasteiger partial charge in [0.05, 0.1) is 6.04 Å². The van der Waals surface area contributed by atoms with Crippen LogP contribution < -0.4 is 5.32 Å². The summed E-state index contributed by atoms with van der Waals surface area (Å²) in [4.78, 5) is 0. The first-order chi connectivity index (χ1) is 6.77. The molecule has 1 aliphatic carbocycles. The molecule has 2 atom stereocenters. The van der Waals surface area contributed by atoms with Gasteiger partial charge in [-0.25, -0.2) is 0 Å². The Morgan fingerprint density at radius 2 is 2.07 bits per heavy atom. The first kappa shape index (κ1) is 11.6. The van der Waals surface area contributed by atoms with Crippen LogP contribution in [0.5, 0.6) is 0 Å². The van der Waals surface area contributed by atoms with Crippen molar-refractivity contribution >= 4 is 0 Å². The van der Waals surface area contributed by atoms with Crippen molar-refractivity contribution in [1.82, 2.24) is 5.32 Å². The lowest BCUT2D eigenvalue weighted by atomic mass is 9.98. The molecular weight excluding hydrogens is 170 g/mol. The van der Waals surface area contributed by atoms with Gasteiger partial charge in [-0.3, -0.25) is 0 Å². The minimum atomic E-state index is 0.288. The summed E-state index contributed by atoms with van der Waals surface area (Å²) in [6, 6.07) is 0.890. The lowest BCUT2D eigenvalue weighted by molar-refractivity contribution is 0.358. The number of nitrogens with one attached hydrogen (secondary N) is 1. The maximum absolute atomic E-state index is 5.49. The van der Waals surface area contributed by atoms with E-state index in [1.807, 2.05) is 0 Å². The molecule has 1 rings (SSSR count). The van der Waals surface area contributed by atoms with Gasteiger partial charge in [-0.2, -0.15) is 0 Å². The van der Waals surface area contributed by atoms with E-state index in [1.165, 1.54) is 32.1 Å². The van der Waals surface area contributed by atoms with Crippen LogP contribution in [0.15, 0.2) is 0 Å². The molecule has 1 saturated carbocycles. The minimum Gasteiger partial charge on any atom is -0.301 e. The van der Waals surface area contributed by atoms with Crippen LogP contribution in [0.1, 0.15) is 52.4 Å². The predicted molar refractivity (Wildman–Crippen MR) is 62.1 cm³/mol. The van der Waals surface area contributed by atoms with Crippen molar-refractivity contribution in [3.05, 3.63) is 0 Å². The average molecular weight is 193 g/mol. The fourth-order valence-electron chi connectivity index (χ4n) is 2.41. The van der Waals surface area contributed by atoms with Crippen molar-refractivity contribution in [3.63, 3.8) is 0 Å². The van der Waals surface area contributed by atoms with Crippen LogP contribution in [0.2, 0.25) is 0 Å². The second kappa shape index (κ2) is 6.09. The SMILES string of the molecule is C#CC(CCC)NC(C)C1CCCC1. The number of terminal acetylenes is 1. The van der Waals surface area contributed by atoms with Gasteiger partial charge >= 0.3 is 0 Å². The molecule has 0 radical (unpaired) electrons. The Labute approximate surface area is 88.7 Å². The van der Waals surface area contributed by atoms with Crippen LogP contribution in [-0.4, -0.2) is 12.1 Å². The summed E-state index contributed by atoms with van der Waals surface area (Å²) in [6.45, 7) is 4.47. The predicted octanol–water partition coefficient (Wildman–Crippen LogP) is 2.96. The zero-order valence-corrected chi connectivity index (χ0v) is 9.55. The first-order valence-corrected chi connectivity index (χ1v) is 6.00. The Hall–Kier alpha value is -0.480. The molecule has 0 aliphatic heterocycles. The molecule has 1 N–H and O–H groups in total. The molecule has 2 unspecified atom stereocenters. The van der Waals surface area contributed by atoms with Gasteiger partial charge in [0.1, 0.15) is 0 Å². The van der Waals surface area contributed by atoms with E-state index in [1.54, 1.807) is 0 Å². The van der Waals surface area contributed by atoms with E-state index >= 15 is 0 Å². The molecular formula is C13H23N. The molecule has 1 fully saturated rings. The Morgan fingerprint density at radius 3 is 2.57 bits per heavy atom. The Morgan fingerprint density at radius 1 is 1.43 bits per heavy atom. The lowest BCUT2D eigenvalue weighted by Crippen LogP contribution is -2.39. The highest BCUT2D eigenvalue weighted by molar-refractivity contribution is 5.00. The quantitative estimate of drug-likeness (QED) is 0.662. The molecule has 0 aromatic carbocycles. The summed E-state index contributed by atoms with van der Waals surface area (Å²) in [5.74, 6) is 3.71. The van der Waals surface area contributed by atoms with Crippen molar-refractivity contribution in [2.45, 2.75) is 64.5 Å². The normalized spacial score (nSPS) is 21.8. The van der Waals surface area contributed by atoms with E-state index in [0.29, 0.717) is 6.04 Å². The zero-order valence-electron chi connectivity index (χ0n) is 9.55. The van der Waals surface area contributed by atoms with E-state index in [9.17, 15) is 0 Å². The molecule has 0 saturated heterocycles. The lowest BCUT2D eigenvalue weighted by Gasteiger charge is -2.24. The third kappa shape index (κ3) is 3.35. The standard InChI is InChI=1S/C13H23N/c1-4-8-13(5-2)14-11(3)12-9-6-7-10-12/h2,11-14H,4,6-10H2,1,3H3. The molecule has 0 aromatic rings. The smallest absolute Gasteiger partial charge is 0.0688 e. The highest BCUT2D eigenvalue weighted by Gasteiger charge is 2.22. The van der Waals surface area contributed by atoms with Crippen LogP contribution in [-0.2, 0) is 0 Å². The topological polar surface area (TPSA) is 12.0 Å². The summed E-state index contributed by atoms with van der Waals surface area (Å²) in [6.07, 6.45) is 13.4. The van der Waals surface area contributed by atoms with E-state index in [2.05, 4.69) is 25.1 Å². The van der Waals surface area contributed by atoms with Gasteiger partial charge in [0.2, 0.25) is 0 Å². The Kier molecular flexibility index (Phi) is 5.04. The Bertz CT molecular complexity index is 186. The molecule has 1 nitrogen and oxygen atoms in total. The number of hydrogen-bond donors (Lipinski definition) is 1. The van der Waals surface area contributed by atoms with Crippen molar-refractivity contribution in [1.29, 1.82) is 0 Å². The van der Waals surface area contributed by atoms with Gasteiger partial charge in [0, 0.05) is 6.04 Å². The maximum Gasteiger partial charge on any atom is 0.0688 e. The van der Waals surface area contributed by atoms with E-state index < -0.39 is 0 Å². The molecule has 0 bridgehead atoms. The fourth-order valence-corrected chi connectivity index (χ4v) is 2.41. The largest absolute Gasteiger partial charge is 0.301 e. The molecule has 1 heteroatoms. The Balaban J connectivity index is 2.30. The summed E-state index contributed by atoms with van der Waals surface area (Å²) in [5.41, 5.74) is 0. The van der Waals surface area contributed by atoms with Crippen molar-refractivity contribution in [3.8, 4) is 12.3 Å². The molecule has 0 aromatic heterocycles. The third-order valence-corrected chi connectivity index (χ3v) is 3.35. The summed E-state index contributed by atoms with van der Waals surface area (Å²) >= 11 is 0. The highest BCUT2D eigenvalue weighted by atomic mass is 14.9. The monoisotopic (exact) mass is 193 g/mol. The molecule has 14 heavy (non-hydrogen) atoms. The number of rotatable bonds is 5. The van der Waals surface area contributed by atoms with E-state index in [-0.39, 0.29) is 6.04 Å². The van der Waals surface area contributed by atoms with Crippen LogP contribution in [0.4, 0.5) is 0 Å². The van der Waals surface area contributed by atoms with Gasteiger partial charge < -0.3 is 5.32 Å². The molecule has 80 valence electrons. The second-order valence-electron chi connectivity index (χ2n) is 4.51.